The highest BCUT2D eigenvalue weighted by molar-refractivity contribution is 6.30. The molecule has 4 nitrogen and oxygen atoms in total. The molecule has 2 aromatic carbocycles. The number of hydrogen-bond acceptors (Lipinski definition) is 2. The summed E-state index contributed by atoms with van der Waals surface area (Å²) in [7, 11) is 0. The molecule has 0 aliphatic rings. The van der Waals surface area contributed by atoms with Crippen LogP contribution in [0.3, 0.4) is 0 Å². The summed E-state index contributed by atoms with van der Waals surface area (Å²) in [5, 5.41) is 3.53. The predicted octanol–water partition coefficient (Wildman–Crippen LogP) is 4.07. The third kappa shape index (κ3) is 6.59. The third-order valence-corrected chi connectivity index (χ3v) is 4.18. The molecule has 0 aliphatic heterocycles. The lowest BCUT2D eigenvalue weighted by molar-refractivity contribution is -0.129. The molecule has 0 radical (unpaired) electrons. The van der Waals surface area contributed by atoms with E-state index in [-0.39, 0.29) is 18.2 Å². The molecule has 0 bridgehead atoms. The van der Waals surface area contributed by atoms with Crippen molar-refractivity contribution in [2.45, 2.75) is 26.7 Å². The number of halogens is 1. The first-order chi connectivity index (χ1) is 11.9. The van der Waals surface area contributed by atoms with Crippen molar-refractivity contribution >= 4 is 29.1 Å². The molecule has 132 valence electrons. The van der Waals surface area contributed by atoms with Crippen LogP contribution >= 0.6 is 11.6 Å². The van der Waals surface area contributed by atoms with E-state index in [2.05, 4.69) is 5.32 Å². The maximum atomic E-state index is 12.1. The normalized spacial score (nSPS) is 10.4. The van der Waals surface area contributed by atoms with Gasteiger partial charge in [-0.15, -0.1) is 0 Å². The van der Waals surface area contributed by atoms with Crippen molar-refractivity contribution in [2.24, 2.45) is 0 Å². The monoisotopic (exact) mass is 358 g/mol. The molecular weight excluding hydrogens is 336 g/mol. The number of benzene rings is 2. The molecule has 5 heteroatoms. The standard InChI is InChI=1S/C20H23ClN2O2/c1-15-6-8-19(9-7-15)22-20(25)11-13-23(16(2)24)12-10-17-4-3-5-18(21)14-17/h3-9,14H,10-13H2,1-2H3,(H,22,25). The highest BCUT2D eigenvalue weighted by Crippen LogP contribution is 2.12. The Hall–Kier alpha value is -2.33. The highest BCUT2D eigenvalue weighted by Gasteiger charge is 2.11. The maximum absolute atomic E-state index is 12.1. The SMILES string of the molecule is CC(=O)N(CCC(=O)Nc1ccc(C)cc1)CCc1cccc(Cl)c1. The fraction of sp³-hybridized carbons (Fsp3) is 0.300. The van der Waals surface area contributed by atoms with E-state index in [4.69, 9.17) is 11.6 Å². The molecule has 0 fully saturated rings. The molecule has 2 amide bonds. The van der Waals surface area contributed by atoms with Crippen molar-refractivity contribution in [3.63, 3.8) is 0 Å². The summed E-state index contributed by atoms with van der Waals surface area (Å²) < 4.78 is 0. The van der Waals surface area contributed by atoms with E-state index in [0.717, 1.165) is 16.8 Å². The number of aryl methyl sites for hydroxylation is 1. The topological polar surface area (TPSA) is 49.4 Å². The van der Waals surface area contributed by atoms with Crippen LogP contribution in [-0.2, 0) is 16.0 Å². The van der Waals surface area contributed by atoms with E-state index in [1.54, 1.807) is 4.90 Å². The Morgan fingerprint density at radius 1 is 1.08 bits per heavy atom. The van der Waals surface area contributed by atoms with Gasteiger partial charge in [0.15, 0.2) is 0 Å². The maximum Gasteiger partial charge on any atom is 0.226 e. The number of carbonyl (C=O) groups is 2. The summed E-state index contributed by atoms with van der Waals surface area (Å²) >= 11 is 5.98. The Labute approximate surface area is 153 Å². The van der Waals surface area contributed by atoms with Crippen LogP contribution in [0.5, 0.6) is 0 Å². The predicted molar refractivity (Wildman–Crippen MR) is 102 cm³/mol. The molecule has 2 rings (SSSR count). The zero-order chi connectivity index (χ0) is 18.2. The van der Waals surface area contributed by atoms with Crippen LogP contribution in [0.25, 0.3) is 0 Å². The molecule has 25 heavy (non-hydrogen) atoms. The van der Waals surface area contributed by atoms with Crippen molar-refractivity contribution in [1.29, 1.82) is 0 Å². The van der Waals surface area contributed by atoms with Gasteiger partial charge in [0.25, 0.3) is 0 Å². The first kappa shape index (κ1) is 19.0. The zero-order valence-corrected chi connectivity index (χ0v) is 15.3. The molecule has 0 aliphatic carbocycles. The summed E-state index contributed by atoms with van der Waals surface area (Å²) in [5.74, 6) is -0.136. The zero-order valence-electron chi connectivity index (χ0n) is 14.6. The first-order valence-electron chi connectivity index (χ1n) is 8.30. The molecule has 0 aromatic heterocycles. The van der Waals surface area contributed by atoms with E-state index in [1.807, 2.05) is 55.5 Å². The van der Waals surface area contributed by atoms with Gasteiger partial charge in [0.1, 0.15) is 0 Å². The largest absolute Gasteiger partial charge is 0.342 e. The van der Waals surface area contributed by atoms with Gasteiger partial charge in [-0.25, -0.2) is 0 Å². The lowest BCUT2D eigenvalue weighted by Gasteiger charge is -2.21. The van der Waals surface area contributed by atoms with Crippen molar-refractivity contribution in [1.82, 2.24) is 4.90 Å². The Morgan fingerprint density at radius 2 is 1.80 bits per heavy atom. The van der Waals surface area contributed by atoms with Crippen molar-refractivity contribution in [3.05, 3.63) is 64.7 Å². The van der Waals surface area contributed by atoms with Crippen LogP contribution in [0.2, 0.25) is 5.02 Å². The van der Waals surface area contributed by atoms with Crippen LogP contribution < -0.4 is 5.32 Å². The summed E-state index contributed by atoms with van der Waals surface area (Å²) in [6, 6.07) is 15.2. The van der Waals surface area contributed by atoms with Gasteiger partial charge in [-0.1, -0.05) is 41.4 Å². The fourth-order valence-corrected chi connectivity index (χ4v) is 2.69. The molecule has 0 atom stereocenters. The number of hydrogen-bond donors (Lipinski definition) is 1. The number of anilines is 1. The average Bonchev–Trinajstić information content (AvgIpc) is 2.56. The molecule has 0 spiro atoms. The van der Waals surface area contributed by atoms with E-state index in [0.29, 0.717) is 24.5 Å². The Morgan fingerprint density at radius 3 is 2.44 bits per heavy atom. The van der Waals surface area contributed by atoms with E-state index in [1.165, 1.54) is 6.92 Å². The van der Waals surface area contributed by atoms with E-state index >= 15 is 0 Å². The van der Waals surface area contributed by atoms with Crippen LogP contribution in [0, 0.1) is 6.92 Å². The number of amides is 2. The van der Waals surface area contributed by atoms with Gasteiger partial charge in [-0.2, -0.15) is 0 Å². The fourth-order valence-electron chi connectivity index (χ4n) is 2.48. The Balaban J connectivity index is 1.83. The van der Waals surface area contributed by atoms with Crippen LogP contribution in [0.4, 0.5) is 5.69 Å². The summed E-state index contributed by atoms with van der Waals surface area (Å²) in [6.07, 6.45) is 0.975. The number of nitrogens with one attached hydrogen (secondary N) is 1. The second kappa shape index (κ2) is 9.23. The quantitative estimate of drug-likeness (QED) is 0.811. The van der Waals surface area contributed by atoms with Gasteiger partial charge >= 0.3 is 0 Å². The van der Waals surface area contributed by atoms with Gasteiger partial charge < -0.3 is 10.2 Å². The van der Waals surface area contributed by atoms with Crippen molar-refractivity contribution in [2.75, 3.05) is 18.4 Å². The molecule has 0 heterocycles. The molecule has 2 aromatic rings. The number of nitrogens with zero attached hydrogens (tertiary/aromatic N) is 1. The second-order valence-electron chi connectivity index (χ2n) is 6.05. The van der Waals surface area contributed by atoms with Gasteiger partial charge in [-0.05, 0) is 43.2 Å². The van der Waals surface area contributed by atoms with Crippen molar-refractivity contribution < 1.29 is 9.59 Å². The lowest BCUT2D eigenvalue weighted by Crippen LogP contribution is -2.33. The first-order valence-corrected chi connectivity index (χ1v) is 8.68. The minimum Gasteiger partial charge on any atom is -0.342 e. The van der Waals surface area contributed by atoms with Crippen LogP contribution in [-0.4, -0.2) is 29.8 Å². The minimum absolute atomic E-state index is 0.0369. The summed E-state index contributed by atoms with van der Waals surface area (Å²) in [4.78, 5) is 25.6. The number of rotatable bonds is 7. The molecular formula is C20H23ClN2O2. The Kier molecular flexibility index (Phi) is 7.02. The molecule has 0 saturated carbocycles. The summed E-state index contributed by atoms with van der Waals surface area (Å²) in [6.45, 7) is 4.48. The van der Waals surface area contributed by atoms with Gasteiger partial charge in [-0.3, -0.25) is 9.59 Å². The van der Waals surface area contributed by atoms with Gasteiger partial charge in [0.05, 0.1) is 0 Å². The highest BCUT2D eigenvalue weighted by atomic mass is 35.5. The lowest BCUT2D eigenvalue weighted by atomic mass is 10.1. The van der Waals surface area contributed by atoms with Crippen LogP contribution in [0.15, 0.2) is 48.5 Å². The van der Waals surface area contributed by atoms with Crippen molar-refractivity contribution in [3.8, 4) is 0 Å². The van der Waals surface area contributed by atoms with E-state index in [9.17, 15) is 9.59 Å². The Bertz CT molecular complexity index is 729. The minimum atomic E-state index is -0.0992. The average molecular weight is 359 g/mol. The molecule has 0 unspecified atom stereocenters. The number of carbonyl (C=O) groups excluding carboxylic acids is 2. The van der Waals surface area contributed by atoms with Gasteiger partial charge in [0.2, 0.25) is 11.8 Å². The third-order valence-electron chi connectivity index (χ3n) is 3.95. The van der Waals surface area contributed by atoms with E-state index < -0.39 is 0 Å². The molecule has 0 saturated heterocycles. The van der Waals surface area contributed by atoms with Gasteiger partial charge in [0, 0.05) is 37.1 Å². The smallest absolute Gasteiger partial charge is 0.226 e. The summed E-state index contributed by atoms with van der Waals surface area (Å²) in [5.41, 5.74) is 2.98. The molecule has 1 N–H and O–H groups in total. The second-order valence-corrected chi connectivity index (χ2v) is 6.49. The van der Waals surface area contributed by atoms with Crippen LogP contribution in [0.1, 0.15) is 24.5 Å².